The average Bonchev–Trinajstić information content (AvgIpc) is 2.79. The smallest absolute Gasteiger partial charge is 0.0780 e. The van der Waals surface area contributed by atoms with E-state index in [0.717, 1.165) is 26.1 Å². The zero-order valence-electron chi connectivity index (χ0n) is 13.7. The van der Waals surface area contributed by atoms with Crippen molar-refractivity contribution in [3.05, 3.63) is 0 Å². The Balaban J connectivity index is 2.37. The molecule has 0 aliphatic heterocycles. The second-order valence-corrected chi connectivity index (χ2v) is 6.33. The van der Waals surface area contributed by atoms with Crippen molar-refractivity contribution >= 4 is 0 Å². The van der Waals surface area contributed by atoms with Gasteiger partial charge in [-0.15, -0.1) is 0 Å². The van der Waals surface area contributed by atoms with Gasteiger partial charge in [-0.25, -0.2) is 0 Å². The minimum absolute atomic E-state index is 0.0965. The van der Waals surface area contributed by atoms with E-state index in [-0.39, 0.29) is 18.2 Å². The van der Waals surface area contributed by atoms with Crippen LogP contribution in [-0.2, 0) is 9.47 Å². The van der Waals surface area contributed by atoms with E-state index in [2.05, 4.69) is 26.1 Å². The number of rotatable bonds is 10. The fourth-order valence-electron chi connectivity index (χ4n) is 3.33. The Morgan fingerprint density at radius 2 is 2.10 bits per heavy atom. The van der Waals surface area contributed by atoms with Crippen LogP contribution in [0.2, 0.25) is 0 Å². The second-order valence-electron chi connectivity index (χ2n) is 6.33. The molecule has 0 saturated heterocycles. The van der Waals surface area contributed by atoms with E-state index >= 15 is 0 Å². The minimum atomic E-state index is -0.0965. The SMILES string of the molecule is CCOCC(C)OCCC1CCCC1(CO)NC(C)C. The summed E-state index contributed by atoms with van der Waals surface area (Å²) >= 11 is 0. The fraction of sp³-hybridized carbons (Fsp3) is 1.00. The van der Waals surface area contributed by atoms with Crippen LogP contribution in [0.1, 0.15) is 53.4 Å². The van der Waals surface area contributed by atoms with Crippen molar-refractivity contribution < 1.29 is 14.6 Å². The third-order valence-electron chi connectivity index (χ3n) is 4.24. The highest BCUT2D eigenvalue weighted by molar-refractivity contribution is 4.99. The monoisotopic (exact) mass is 287 g/mol. The Morgan fingerprint density at radius 3 is 2.70 bits per heavy atom. The van der Waals surface area contributed by atoms with E-state index < -0.39 is 0 Å². The normalized spacial score (nSPS) is 28.2. The minimum Gasteiger partial charge on any atom is -0.394 e. The third-order valence-corrected chi connectivity index (χ3v) is 4.24. The van der Waals surface area contributed by atoms with Crippen LogP contribution in [0.3, 0.4) is 0 Å². The van der Waals surface area contributed by atoms with E-state index in [1.165, 1.54) is 12.8 Å². The van der Waals surface area contributed by atoms with Crippen molar-refractivity contribution in [1.29, 1.82) is 0 Å². The number of aliphatic hydroxyl groups excluding tert-OH is 1. The molecule has 3 unspecified atom stereocenters. The quantitative estimate of drug-likeness (QED) is 0.647. The molecule has 0 heterocycles. The van der Waals surface area contributed by atoms with Crippen LogP contribution in [0.15, 0.2) is 0 Å². The van der Waals surface area contributed by atoms with Crippen LogP contribution < -0.4 is 5.32 Å². The molecule has 1 rings (SSSR count). The molecular weight excluding hydrogens is 254 g/mol. The largest absolute Gasteiger partial charge is 0.394 e. The van der Waals surface area contributed by atoms with Gasteiger partial charge >= 0.3 is 0 Å². The highest BCUT2D eigenvalue weighted by atomic mass is 16.5. The molecule has 1 aliphatic carbocycles. The molecule has 1 saturated carbocycles. The zero-order valence-corrected chi connectivity index (χ0v) is 13.7. The van der Waals surface area contributed by atoms with E-state index in [4.69, 9.17) is 9.47 Å². The van der Waals surface area contributed by atoms with E-state index in [0.29, 0.717) is 18.6 Å². The Hall–Kier alpha value is -0.160. The predicted molar refractivity (Wildman–Crippen MR) is 82.0 cm³/mol. The van der Waals surface area contributed by atoms with Gasteiger partial charge in [-0.1, -0.05) is 20.3 Å². The molecule has 4 heteroatoms. The molecule has 0 aromatic rings. The summed E-state index contributed by atoms with van der Waals surface area (Å²) in [6.07, 6.45) is 4.61. The lowest BCUT2D eigenvalue weighted by molar-refractivity contribution is -0.0131. The van der Waals surface area contributed by atoms with Gasteiger partial charge in [-0.2, -0.15) is 0 Å². The first-order chi connectivity index (χ1) is 9.54. The van der Waals surface area contributed by atoms with Gasteiger partial charge in [0.15, 0.2) is 0 Å². The topological polar surface area (TPSA) is 50.7 Å². The van der Waals surface area contributed by atoms with Gasteiger partial charge in [-0.3, -0.25) is 0 Å². The molecule has 2 N–H and O–H groups in total. The molecule has 3 atom stereocenters. The predicted octanol–water partition coefficient (Wildman–Crippen LogP) is 2.35. The van der Waals surface area contributed by atoms with E-state index in [9.17, 15) is 5.11 Å². The van der Waals surface area contributed by atoms with Gasteiger partial charge in [0.05, 0.1) is 19.3 Å². The van der Waals surface area contributed by atoms with Gasteiger partial charge in [0.1, 0.15) is 0 Å². The maximum atomic E-state index is 9.84. The van der Waals surface area contributed by atoms with Gasteiger partial charge < -0.3 is 19.9 Å². The Kier molecular flexibility index (Phi) is 8.03. The number of aliphatic hydroxyl groups is 1. The van der Waals surface area contributed by atoms with Crippen molar-refractivity contribution in [2.45, 2.75) is 71.1 Å². The highest BCUT2D eigenvalue weighted by Crippen LogP contribution is 2.38. The lowest BCUT2D eigenvalue weighted by Crippen LogP contribution is -2.54. The zero-order chi connectivity index (χ0) is 15.0. The van der Waals surface area contributed by atoms with Crippen LogP contribution >= 0.6 is 0 Å². The van der Waals surface area contributed by atoms with E-state index in [1.54, 1.807) is 0 Å². The van der Waals surface area contributed by atoms with Gasteiger partial charge in [0, 0.05) is 24.8 Å². The van der Waals surface area contributed by atoms with Crippen LogP contribution in [0, 0.1) is 5.92 Å². The molecule has 0 aromatic heterocycles. The van der Waals surface area contributed by atoms with Crippen molar-refractivity contribution in [1.82, 2.24) is 5.32 Å². The maximum absolute atomic E-state index is 9.84. The summed E-state index contributed by atoms with van der Waals surface area (Å²) in [6, 6.07) is 0.403. The number of hydrogen-bond donors (Lipinski definition) is 2. The first-order valence-electron chi connectivity index (χ1n) is 8.12. The molecule has 0 bridgehead atoms. The molecule has 0 radical (unpaired) electrons. The Bertz CT molecular complexity index is 260. The number of hydrogen-bond acceptors (Lipinski definition) is 4. The lowest BCUT2D eigenvalue weighted by atomic mass is 9.85. The number of nitrogens with one attached hydrogen (secondary N) is 1. The van der Waals surface area contributed by atoms with Gasteiger partial charge in [-0.05, 0) is 39.0 Å². The Labute approximate surface area is 124 Å². The molecule has 1 aliphatic rings. The second kappa shape index (κ2) is 8.98. The molecule has 0 aromatic carbocycles. The van der Waals surface area contributed by atoms with Crippen molar-refractivity contribution in [2.75, 3.05) is 26.4 Å². The molecule has 1 fully saturated rings. The summed E-state index contributed by atoms with van der Waals surface area (Å²) in [4.78, 5) is 0. The van der Waals surface area contributed by atoms with Crippen LogP contribution in [-0.4, -0.2) is 49.2 Å². The molecule has 120 valence electrons. The highest BCUT2D eigenvalue weighted by Gasteiger charge is 2.42. The number of ether oxygens (including phenoxy) is 2. The molecule has 0 amide bonds. The first-order valence-corrected chi connectivity index (χ1v) is 8.12. The average molecular weight is 287 g/mol. The van der Waals surface area contributed by atoms with Crippen molar-refractivity contribution in [3.63, 3.8) is 0 Å². The standard InChI is InChI=1S/C16H33NO3/c1-5-19-11-14(4)20-10-8-15-7-6-9-16(15,12-18)17-13(2)3/h13-15,17-18H,5-12H2,1-4H3. The summed E-state index contributed by atoms with van der Waals surface area (Å²) in [5, 5.41) is 13.4. The molecule has 4 nitrogen and oxygen atoms in total. The van der Waals surface area contributed by atoms with Gasteiger partial charge in [0.2, 0.25) is 0 Å². The third kappa shape index (κ3) is 5.32. The summed E-state index contributed by atoms with van der Waals surface area (Å²) < 4.78 is 11.2. The molecule has 20 heavy (non-hydrogen) atoms. The van der Waals surface area contributed by atoms with Crippen LogP contribution in [0.4, 0.5) is 0 Å². The first kappa shape index (κ1) is 17.9. The summed E-state index contributed by atoms with van der Waals surface area (Å²) in [5.41, 5.74) is -0.0965. The lowest BCUT2D eigenvalue weighted by Gasteiger charge is -2.37. The molecular formula is C16H33NO3. The van der Waals surface area contributed by atoms with Crippen molar-refractivity contribution in [2.24, 2.45) is 5.92 Å². The molecule has 0 spiro atoms. The summed E-state index contributed by atoms with van der Waals surface area (Å²) in [7, 11) is 0. The maximum Gasteiger partial charge on any atom is 0.0780 e. The van der Waals surface area contributed by atoms with Crippen LogP contribution in [0.5, 0.6) is 0 Å². The summed E-state index contributed by atoms with van der Waals surface area (Å²) in [5.74, 6) is 0.509. The fourth-order valence-corrected chi connectivity index (χ4v) is 3.33. The van der Waals surface area contributed by atoms with Crippen LogP contribution in [0.25, 0.3) is 0 Å². The van der Waals surface area contributed by atoms with Crippen molar-refractivity contribution in [3.8, 4) is 0 Å². The van der Waals surface area contributed by atoms with Gasteiger partial charge in [0.25, 0.3) is 0 Å². The Morgan fingerprint density at radius 1 is 1.35 bits per heavy atom. The van der Waals surface area contributed by atoms with E-state index in [1.807, 2.05) is 6.92 Å². The summed E-state index contributed by atoms with van der Waals surface area (Å²) in [6.45, 7) is 10.7.